The number of hydrogen-bond donors (Lipinski definition) is 2. The molecule has 0 heterocycles. The van der Waals surface area contributed by atoms with E-state index >= 15 is 0 Å². The van der Waals surface area contributed by atoms with Gasteiger partial charge in [0.05, 0.1) is 0 Å². The van der Waals surface area contributed by atoms with Gasteiger partial charge in [0.1, 0.15) is 11.3 Å². The van der Waals surface area contributed by atoms with Crippen LogP contribution in [-0.4, -0.2) is 29.6 Å². The van der Waals surface area contributed by atoms with Crippen LogP contribution >= 0.6 is 15.9 Å². The zero-order valence-electron chi connectivity index (χ0n) is 13.6. The van der Waals surface area contributed by atoms with Gasteiger partial charge in [0.15, 0.2) is 6.61 Å². The lowest BCUT2D eigenvalue weighted by molar-refractivity contribution is -0.125. The van der Waals surface area contributed by atoms with E-state index in [1.807, 2.05) is 6.92 Å². The van der Waals surface area contributed by atoms with E-state index in [4.69, 9.17) is 4.74 Å². The lowest BCUT2D eigenvalue weighted by Gasteiger charge is -2.28. The number of fused-ring (bicyclic) bond motifs is 2. The third-order valence-electron chi connectivity index (χ3n) is 5.34. The van der Waals surface area contributed by atoms with Crippen molar-refractivity contribution in [2.45, 2.75) is 38.6 Å². The Labute approximate surface area is 149 Å². The standard InChI is InChI=1S/C18H22BrNO4/c1-10(14-7-11-2-3-12(14)6-11)20-17(22)9-24-18(23)15-8-13(19)4-5-16(15)21/h4-5,8,10-12,14,21H,2-3,6-7,9H2,1H3,(H,20,22)/t10-,11+,12+,14+/m1/s1. The van der Waals surface area contributed by atoms with Crippen molar-refractivity contribution in [3.05, 3.63) is 28.2 Å². The fraction of sp³-hybridized carbons (Fsp3) is 0.556. The lowest BCUT2D eigenvalue weighted by Crippen LogP contribution is -2.42. The first-order valence-corrected chi connectivity index (χ1v) is 9.18. The maximum atomic E-state index is 12.0. The summed E-state index contributed by atoms with van der Waals surface area (Å²) in [4.78, 5) is 24.0. The van der Waals surface area contributed by atoms with Crippen molar-refractivity contribution < 1.29 is 19.4 Å². The minimum absolute atomic E-state index is 0.0401. The lowest BCUT2D eigenvalue weighted by atomic mass is 9.84. The van der Waals surface area contributed by atoms with Crippen LogP contribution in [0.5, 0.6) is 5.75 Å². The Bertz CT molecular complexity index is 648. The molecule has 0 aromatic heterocycles. The van der Waals surface area contributed by atoms with Crippen molar-refractivity contribution in [3.8, 4) is 5.75 Å². The topological polar surface area (TPSA) is 75.6 Å². The van der Waals surface area contributed by atoms with E-state index in [2.05, 4.69) is 21.2 Å². The second-order valence-corrected chi connectivity index (χ2v) is 7.85. The molecule has 24 heavy (non-hydrogen) atoms. The molecule has 2 N–H and O–H groups in total. The van der Waals surface area contributed by atoms with Crippen LogP contribution in [0.1, 0.15) is 43.0 Å². The highest BCUT2D eigenvalue weighted by molar-refractivity contribution is 9.10. The summed E-state index contributed by atoms with van der Waals surface area (Å²) in [6.07, 6.45) is 5.09. The molecular weight excluding hydrogens is 374 g/mol. The number of phenolic OH excluding ortho intramolecular Hbond substituents is 1. The number of amides is 1. The van der Waals surface area contributed by atoms with Gasteiger partial charge >= 0.3 is 5.97 Å². The maximum Gasteiger partial charge on any atom is 0.342 e. The minimum atomic E-state index is -0.712. The first kappa shape index (κ1) is 17.3. The van der Waals surface area contributed by atoms with E-state index < -0.39 is 5.97 Å². The smallest absolute Gasteiger partial charge is 0.342 e. The molecule has 1 aromatic carbocycles. The van der Waals surface area contributed by atoms with Gasteiger partial charge in [0.25, 0.3) is 5.91 Å². The molecule has 2 bridgehead atoms. The molecule has 1 aromatic rings. The summed E-state index contributed by atoms with van der Waals surface area (Å²) < 4.78 is 5.67. The third-order valence-corrected chi connectivity index (χ3v) is 5.83. The number of phenols is 1. The van der Waals surface area contributed by atoms with Crippen LogP contribution in [0.25, 0.3) is 0 Å². The van der Waals surface area contributed by atoms with Crippen molar-refractivity contribution >= 4 is 27.8 Å². The van der Waals surface area contributed by atoms with E-state index in [9.17, 15) is 14.7 Å². The summed E-state index contributed by atoms with van der Waals surface area (Å²) in [6.45, 7) is 1.70. The van der Waals surface area contributed by atoms with Gasteiger partial charge in [-0.2, -0.15) is 0 Å². The van der Waals surface area contributed by atoms with Gasteiger partial charge in [-0.05, 0) is 62.1 Å². The van der Waals surface area contributed by atoms with Gasteiger partial charge in [-0.3, -0.25) is 4.79 Å². The Kier molecular flexibility index (Phi) is 5.13. The second-order valence-electron chi connectivity index (χ2n) is 6.93. The first-order chi connectivity index (χ1) is 11.4. The highest BCUT2D eigenvalue weighted by Crippen LogP contribution is 2.49. The highest BCUT2D eigenvalue weighted by Gasteiger charge is 2.42. The molecule has 1 amide bonds. The highest BCUT2D eigenvalue weighted by atomic mass is 79.9. The summed E-state index contributed by atoms with van der Waals surface area (Å²) in [6, 6.07) is 4.59. The number of benzene rings is 1. The molecule has 2 saturated carbocycles. The summed E-state index contributed by atoms with van der Waals surface area (Å²) in [5.74, 6) is 0.921. The van der Waals surface area contributed by atoms with Gasteiger partial charge in [-0.15, -0.1) is 0 Å². The maximum absolute atomic E-state index is 12.0. The number of rotatable bonds is 5. The molecule has 0 saturated heterocycles. The number of halogens is 1. The van der Waals surface area contributed by atoms with E-state index in [1.165, 1.54) is 37.8 Å². The van der Waals surface area contributed by atoms with E-state index in [-0.39, 0.29) is 29.9 Å². The van der Waals surface area contributed by atoms with Gasteiger partial charge in [-0.25, -0.2) is 4.79 Å². The van der Waals surface area contributed by atoms with Crippen LogP contribution in [0, 0.1) is 17.8 Å². The van der Waals surface area contributed by atoms with Gasteiger partial charge < -0.3 is 15.2 Å². The first-order valence-electron chi connectivity index (χ1n) is 8.39. The van der Waals surface area contributed by atoms with Crippen molar-refractivity contribution in [1.82, 2.24) is 5.32 Å². The summed E-state index contributed by atoms with van der Waals surface area (Å²) >= 11 is 3.23. The van der Waals surface area contributed by atoms with Crippen molar-refractivity contribution in [1.29, 1.82) is 0 Å². The average molecular weight is 396 g/mol. The van der Waals surface area contributed by atoms with Crippen LogP contribution in [0.2, 0.25) is 0 Å². The van der Waals surface area contributed by atoms with E-state index in [0.717, 1.165) is 11.8 Å². The molecule has 6 heteroatoms. The van der Waals surface area contributed by atoms with Crippen LogP contribution in [0.3, 0.4) is 0 Å². The third kappa shape index (κ3) is 3.74. The largest absolute Gasteiger partial charge is 0.507 e. The van der Waals surface area contributed by atoms with Crippen molar-refractivity contribution in [2.75, 3.05) is 6.61 Å². The normalized spacial score (nSPS) is 26.2. The molecule has 2 aliphatic carbocycles. The summed E-state index contributed by atoms with van der Waals surface area (Å²) in [5, 5.41) is 12.6. The Hall–Kier alpha value is -1.56. The van der Waals surface area contributed by atoms with Gasteiger partial charge in [-0.1, -0.05) is 22.4 Å². The number of carbonyl (C=O) groups excluding carboxylic acids is 2. The van der Waals surface area contributed by atoms with Crippen LogP contribution in [-0.2, 0) is 9.53 Å². The van der Waals surface area contributed by atoms with Crippen molar-refractivity contribution in [3.63, 3.8) is 0 Å². The molecule has 0 radical (unpaired) electrons. The molecule has 0 spiro atoms. The number of carbonyl (C=O) groups is 2. The van der Waals surface area contributed by atoms with Crippen molar-refractivity contribution in [2.24, 2.45) is 17.8 Å². The molecule has 4 atom stereocenters. The van der Waals surface area contributed by atoms with Crippen LogP contribution in [0.4, 0.5) is 0 Å². The molecule has 5 nitrogen and oxygen atoms in total. The zero-order valence-corrected chi connectivity index (χ0v) is 15.2. The fourth-order valence-electron chi connectivity index (χ4n) is 4.19. The molecule has 3 rings (SSSR count). The van der Waals surface area contributed by atoms with Crippen LogP contribution < -0.4 is 5.32 Å². The monoisotopic (exact) mass is 395 g/mol. The minimum Gasteiger partial charge on any atom is -0.507 e. The van der Waals surface area contributed by atoms with Gasteiger partial charge in [0.2, 0.25) is 0 Å². The quantitative estimate of drug-likeness (QED) is 0.750. The van der Waals surface area contributed by atoms with E-state index in [0.29, 0.717) is 10.4 Å². The number of nitrogens with one attached hydrogen (secondary N) is 1. The Balaban J connectivity index is 1.48. The summed E-state index contributed by atoms with van der Waals surface area (Å²) in [7, 11) is 0. The molecule has 0 unspecified atom stereocenters. The zero-order chi connectivity index (χ0) is 17.3. The molecule has 130 valence electrons. The number of ether oxygens (including phenoxy) is 1. The number of hydrogen-bond acceptors (Lipinski definition) is 4. The second kappa shape index (κ2) is 7.13. The Morgan fingerprint density at radius 2 is 2.17 bits per heavy atom. The molecular formula is C18H22BrNO4. The number of aromatic hydroxyl groups is 1. The fourth-order valence-corrected chi connectivity index (χ4v) is 4.55. The molecule has 2 aliphatic rings. The van der Waals surface area contributed by atoms with E-state index in [1.54, 1.807) is 6.07 Å². The van der Waals surface area contributed by atoms with Crippen LogP contribution in [0.15, 0.2) is 22.7 Å². The average Bonchev–Trinajstić information content (AvgIpc) is 3.18. The number of esters is 1. The molecule has 2 fully saturated rings. The molecule has 0 aliphatic heterocycles. The predicted molar refractivity (Wildman–Crippen MR) is 92.6 cm³/mol. The van der Waals surface area contributed by atoms with Gasteiger partial charge in [0, 0.05) is 10.5 Å². The predicted octanol–water partition coefficient (Wildman–Crippen LogP) is 3.25. The summed E-state index contributed by atoms with van der Waals surface area (Å²) in [5.41, 5.74) is 0.0401. The Morgan fingerprint density at radius 1 is 1.38 bits per heavy atom. The Morgan fingerprint density at radius 3 is 2.83 bits per heavy atom. The SMILES string of the molecule is C[C@@H](NC(=O)COC(=O)c1cc(Br)ccc1O)[C@@H]1C[C@H]2CC[C@H]1C2.